The lowest BCUT2D eigenvalue weighted by Gasteiger charge is -2.22. The van der Waals surface area contributed by atoms with Crippen LogP contribution in [-0.4, -0.2) is 17.4 Å². The fraction of sp³-hybridized carbons (Fsp3) is 0.278. The van der Waals surface area contributed by atoms with Crippen LogP contribution in [0.3, 0.4) is 0 Å². The minimum atomic E-state index is 0.0644. The Bertz CT molecular complexity index is 651. The normalized spacial score (nSPS) is 10.5. The highest BCUT2D eigenvalue weighted by Crippen LogP contribution is 2.21. The van der Waals surface area contributed by atoms with Crippen molar-refractivity contribution in [3.63, 3.8) is 0 Å². The molecule has 0 N–H and O–H groups in total. The molecule has 0 aromatic heterocycles. The first-order valence-electron chi connectivity index (χ1n) is 7.12. The maximum atomic E-state index is 12.7. The second-order valence-electron chi connectivity index (χ2n) is 5.29. The summed E-state index contributed by atoms with van der Waals surface area (Å²) in [7, 11) is 0. The molecule has 0 bridgehead atoms. The van der Waals surface area contributed by atoms with Gasteiger partial charge in [0.05, 0.1) is 5.56 Å². The minimum Gasteiger partial charge on any atom is -0.335 e. The molecule has 0 unspecified atom stereocenters. The molecule has 0 saturated carbocycles. The molecule has 0 radical (unpaired) electrons. The average Bonchev–Trinajstić information content (AvgIpc) is 2.46. The second-order valence-corrected chi connectivity index (χ2v) is 6.15. The lowest BCUT2D eigenvalue weighted by atomic mass is 10.1. The van der Waals surface area contributed by atoms with Gasteiger partial charge in [0.15, 0.2) is 0 Å². The van der Waals surface area contributed by atoms with Crippen molar-refractivity contribution in [3.8, 4) is 0 Å². The highest BCUT2D eigenvalue weighted by molar-refractivity contribution is 9.10. The van der Waals surface area contributed by atoms with E-state index in [9.17, 15) is 4.79 Å². The van der Waals surface area contributed by atoms with Gasteiger partial charge < -0.3 is 4.90 Å². The summed E-state index contributed by atoms with van der Waals surface area (Å²) in [5.74, 6) is 0.0644. The van der Waals surface area contributed by atoms with Crippen molar-refractivity contribution in [2.24, 2.45) is 0 Å². The lowest BCUT2D eigenvalue weighted by molar-refractivity contribution is 0.0751. The number of carbonyl (C=O) groups is 1. The molecule has 0 heterocycles. The minimum absolute atomic E-state index is 0.0644. The topological polar surface area (TPSA) is 20.3 Å². The van der Waals surface area contributed by atoms with Crippen molar-refractivity contribution in [1.29, 1.82) is 0 Å². The number of hydrogen-bond acceptors (Lipinski definition) is 1. The predicted octanol–water partition coefficient (Wildman–Crippen LogP) is 4.73. The van der Waals surface area contributed by atoms with Crippen molar-refractivity contribution < 1.29 is 4.79 Å². The van der Waals surface area contributed by atoms with E-state index >= 15 is 0 Å². The lowest BCUT2D eigenvalue weighted by Crippen LogP contribution is -2.30. The maximum Gasteiger partial charge on any atom is 0.255 e. The largest absolute Gasteiger partial charge is 0.335 e. The van der Waals surface area contributed by atoms with Crippen LogP contribution in [0.2, 0.25) is 0 Å². The zero-order chi connectivity index (χ0) is 15.4. The van der Waals surface area contributed by atoms with Gasteiger partial charge in [-0.05, 0) is 54.4 Å². The molecule has 0 aliphatic rings. The van der Waals surface area contributed by atoms with Gasteiger partial charge in [-0.3, -0.25) is 4.79 Å². The molecule has 0 spiro atoms. The van der Waals surface area contributed by atoms with E-state index in [1.807, 2.05) is 43.0 Å². The number of amides is 1. The Morgan fingerprint density at radius 3 is 2.48 bits per heavy atom. The van der Waals surface area contributed by atoms with E-state index < -0.39 is 0 Å². The Morgan fingerprint density at radius 1 is 1.10 bits per heavy atom. The fourth-order valence-electron chi connectivity index (χ4n) is 2.33. The van der Waals surface area contributed by atoms with Gasteiger partial charge in [-0.15, -0.1) is 0 Å². The standard InChI is InChI=1S/C18H20BrNO/c1-4-20(12-15-7-5-6-13(2)10-15)18(21)16-11-14(3)8-9-17(16)19/h5-11H,4,12H2,1-3H3. The molecular weight excluding hydrogens is 326 g/mol. The van der Waals surface area contributed by atoms with E-state index in [1.165, 1.54) is 5.56 Å². The highest BCUT2D eigenvalue weighted by atomic mass is 79.9. The summed E-state index contributed by atoms with van der Waals surface area (Å²) in [6.45, 7) is 7.40. The first-order chi connectivity index (χ1) is 10.0. The number of hydrogen-bond donors (Lipinski definition) is 0. The van der Waals surface area contributed by atoms with Crippen LogP contribution in [0.4, 0.5) is 0 Å². The van der Waals surface area contributed by atoms with Gasteiger partial charge in [0.25, 0.3) is 5.91 Å². The molecule has 21 heavy (non-hydrogen) atoms. The number of rotatable bonds is 4. The van der Waals surface area contributed by atoms with Crippen molar-refractivity contribution in [3.05, 3.63) is 69.2 Å². The number of carbonyl (C=O) groups excluding carboxylic acids is 1. The van der Waals surface area contributed by atoms with Gasteiger partial charge >= 0.3 is 0 Å². The van der Waals surface area contributed by atoms with Crippen LogP contribution in [0.5, 0.6) is 0 Å². The van der Waals surface area contributed by atoms with Crippen LogP contribution in [0.1, 0.15) is 34.0 Å². The van der Waals surface area contributed by atoms with Crippen molar-refractivity contribution in [2.75, 3.05) is 6.54 Å². The van der Waals surface area contributed by atoms with Gasteiger partial charge in [0, 0.05) is 17.6 Å². The van der Waals surface area contributed by atoms with Gasteiger partial charge in [-0.1, -0.05) is 41.5 Å². The Hall–Kier alpha value is -1.61. The SMILES string of the molecule is CCN(Cc1cccc(C)c1)C(=O)c1cc(C)ccc1Br. The second kappa shape index (κ2) is 6.90. The summed E-state index contributed by atoms with van der Waals surface area (Å²) in [6, 6.07) is 14.2. The molecule has 1 amide bonds. The van der Waals surface area contributed by atoms with Crippen molar-refractivity contribution in [2.45, 2.75) is 27.3 Å². The third-order valence-corrected chi connectivity index (χ3v) is 4.17. The Morgan fingerprint density at radius 2 is 1.81 bits per heavy atom. The summed E-state index contributed by atoms with van der Waals surface area (Å²) in [6.07, 6.45) is 0. The van der Waals surface area contributed by atoms with Gasteiger partial charge in [-0.25, -0.2) is 0 Å². The fourth-order valence-corrected chi connectivity index (χ4v) is 2.75. The predicted molar refractivity (Wildman–Crippen MR) is 90.5 cm³/mol. The number of halogens is 1. The van der Waals surface area contributed by atoms with Crippen molar-refractivity contribution in [1.82, 2.24) is 4.90 Å². The maximum absolute atomic E-state index is 12.7. The molecule has 2 rings (SSSR count). The summed E-state index contributed by atoms with van der Waals surface area (Å²) in [5, 5.41) is 0. The number of aryl methyl sites for hydroxylation is 2. The monoisotopic (exact) mass is 345 g/mol. The smallest absolute Gasteiger partial charge is 0.255 e. The third kappa shape index (κ3) is 3.94. The summed E-state index contributed by atoms with van der Waals surface area (Å²) in [4.78, 5) is 14.6. The van der Waals surface area contributed by atoms with Gasteiger partial charge in [0.2, 0.25) is 0 Å². The van der Waals surface area contributed by atoms with E-state index in [0.29, 0.717) is 13.1 Å². The van der Waals surface area contributed by atoms with E-state index in [2.05, 4.69) is 41.1 Å². The summed E-state index contributed by atoms with van der Waals surface area (Å²) in [5.41, 5.74) is 4.19. The van der Waals surface area contributed by atoms with E-state index in [4.69, 9.17) is 0 Å². The Kier molecular flexibility index (Phi) is 5.18. The Balaban J connectivity index is 2.24. The van der Waals surface area contributed by atoms with Crippen LogP contribution < -0.4 is 0 Å². The molecule has 2 aromatic carbocycles. The Labute approximate surface area is 134 Å². The molecular formula is C18H20BrNO. The number of nitrogens with zero attached hydrogens (tertiary/aromatic N) is 1. The van der Waals surface area contributed by atoms with Crippen LogP contribution in [0, 0.1) is 13.8 Å². The molecule has 110 valence electrons. The van der Waals surface area contributed by atoms with E-state index in [-0.39, 0.29) is 5.91 Å². The molecule has 2 nitrogen and oxygen atoms in total. The molecule has 0 aliphatic carbocycles. The third-order valence-electron chi connectivity index (χ3n) is 3.48. The van der Waals surface area contributed by atoms with E-state index in [1.54, 1.807) is 0 Å². The van der Waals surface area contributed by atoms with Crippen LogP contribution in [0.25, 0.3) is 0 Å². The van der Waals surface area contributed by atoms with Crippen LogP contribution >= 0.6 is 15.9 Å². The molecule has 3 heteroatoms. The summed E-state index contributed by atoms with van der Waals surface area (Å²) >= 11 is 3.48. The van der Waals surface area contributed by atoms with Crippen molar-refractivity contribution >= 4 is 21.8 Å². The molecule has 0 saturated heterocycles. The average molecular weight is 346 g/mol. The highest BCUT2D eigenvalue weighted by Gasteiger charge is 2.17. The van der Waals surface area contributed by atoms with Crippen LogP contribution in [0.15, 0.2) is 46.9 Å². The molecule has 0 atom stereocenters. The van der Waals surface area contributed by atoms with Gasteiger partial charge in [-0.2, -0.15) is 0 Å². The summed E-state index contributed by atoms with van der Waals surface area (Å²) < 4.78 is 0.848. The first-order valence-corrected chi connectivity index (χ1v) is 7.91. The zero-order valence-electron chi connectivity index (χ0n) is 12.7. The zero-order valence-corrected chi connectivity index (χ0v) is 14.3. The molecule has 0 fully saturated rings. The first kappa shape index (κ1) is 15.8. The molecule has 2 aromatic rings. The van der Waals surface area contributed by atoms with Gasteiger partial charge in [0.1, 0.15) is 0 Å². The molecule has 0 aliphatic heterocycles. The van der Waals surface area contributed by atoms with Crippen LogP contribution in [-0.2, 0) is 6.54 Å². The number of benzene rings is 2. The quantitative estimate of drug-likeness (QED) is 0.784. The van der Waals surface area contributed by atoms with E-state index in [0.717, 1.165) is 21.2 Å².